The number of anilines is 1. The summed E-state index contributed by atoms with van der Waals surface area (Å²) in [7, 11) is 1.32. The maximum absolute atomic E-state index is 13.1. The van der Waals surface area contributed by atoms with Crippen LogP contribution in [0.4, 0.5) is 23.2 Å². The predicted molar refractivity (Wildman–Crippen MR) is 98.2 cm³/mol. The van der Waals surface area contributed by atoms with E-state index in [-0.39, 0.29) is 5.02 Å². The quantitative estimate of drug-likeness (QED) is 0.574. The number of hydrogen-bond acceptors (Lipinski definition) is 2. The van der Waals surface area contributed by atoms with Crippen molar-refractivity contribution in [3.63, 3.8) is 0 Å². The fourth-order valence-corrected chi connectivity index (χ4v) is 2.42. The Bertz CT molecular complexity index is 913. The van der Waals surface area contributed by atoms with Gasteiger partial charge in [-0.15, -0.1) is 0 Å². The lowest BCUT2D eigenvalue weighted by Gasteiger charge is -2.17. The second-order valence-corrected chi connectivity index (χ2v) is 6.20. The molecule has 0 spiro atoms. The molecule has 0 fully saturated rings. The number of alkyl halides is 3. The molecule has 4 nitrogen and oxygen atoms in total. The molecular formula is C19H15ClF4N2O2. The normalized spacial score (nSPS) is 11.5. The molecule has 0 radical (unpaired) electrons. The first-order valence-corrected chi connectivity index (χ1v) is 8.30. The van der Waals surface area contributed by atoms with Crippen LogP contribution in [0, 0.1) is 5.82 Å². The SMILES string of the molecule is CN(CC(=O)Nc1ccccc1C(F)(F)F)C(=O)/C=C/c1ccc(F)c(Cl)c1. The van der Waals surface area contributed by atoms with Gasteiger partial charge in [-0.1, -0.05) is 29.8 Å². The summed E-state index contributed by atoms with van der Waals surface area (Å²) < 4.78 is 51.9. The van der Waals surface area contributed by atoms with Crippen LogP contribution in [-0.2, 0) is 15.8 Å². The van der Waals surface area contributed by atoms with Gasteiger partial charge in [0.2, 0.25) is 11.8 Å². The summed E-state index contributed by atoms with van der Waals surface area (Å²) in [6, 6.07) is 8.41. The zero-order valence-corrected chi connectivity index (χ0v) is 15.3. The van der Waals surface area contributed by atoms with Gasteiger partial charge in [0.05, 0.1) is 22.8 Å². The van der Waals surface area contributed by atoms with Gasteiger partial charge in [-0.25, -0.2) is 4.39 Å². The minimum atomic E-state index is -4.62. The third-order valence-electron chi connectivity index (χ3n) is 3.63. The molecule has 0 aromatic heterocycles. The Hall–Kier alpha value is -2.87. The topological polar surface area (TPSA) is 49.4 Å². The minimum Gasteiger partial charge on any atom is -0.333 e. The molecule has 0 saturated carbocycles. The largest absolute Gasteiger partial charge is 0.418 e. The van der Waals surface area contributed by atoms with Crippen molar-refractivity contribution in [2.24, 2.45) is 0 Å². The van der Waals surface area contributed by atoms with Gasteiger partial charge in [0.25, 0.3) is 0 Å². The molecule has 2 amide bonds. The van der Waals surface area contributed by atoms with Crippen LogP contribution in [0.15, 0.2) is 48.5 Å². The molecule has 2 rings (SSSR count). The maximum atomic E-state index is 13.1. The minimum absolute atomic E-state index is 0.106. The molecule has 0 saturated heterocycles. The number of nitrogens with zero attached hydrogens (tertiary/aromatic N) is 1. The molecule has 148 valence electrons. The lowest BCUT2D eigenvalue weighted by atomic mass is 10.1. The molecule has 0 bridgehead atoms. The van der Waals surface area contributed by atoms with Crippen LogP contribution >= 0.6 is 11.6 Å². The number of hydrogen-bond donors (Lipinski definition) is 1. The van der Waals surface area contributed by atoms with Crippen LogP contribution in [0.1, 0.15) is 11.1 Å². The van der Waals surface area contributed by atoms with Gasteiger partial charge in [0.1, 0.15) is 5.82 Å². The maximum Gasteiger partial charge on any atom is 0.418 e. The third kappa shape index (κ3) is 5.82. The number of carbonyl (C=O) groups excluding carboxylic acids is 2. The first kappa shape index (κ1) is 21.4. The number of benzene rings is 2. The van der Waals surface area contributed by atoms with Crippen molar-refractivity contribution in [2.45, 2.75) is 6.18 Å². The van der Waals surface area contributed by atoms with Gasteiger partial charge in [0, 0.05) is 13.1 Å². The Morgan fingerprint density at radius 1 is 1.18 bits per heavy atom. The number of rotatable bonds is 5. The molecule has 2 aromatic carbocycles. The van der Waals surface area contributed by atoms with Crippen molar-refractivity contribution in [3.05, 3.63) is 70.5 Å². The van der Waals surface area contributed by atoms with E-state index >= 15 is 0 Å². The average Bonchev–Trinajstić information content (AvgIpc) is 2.61. The van der Waals surface area contributed by atoms with Gasteiger partial charge in [-0.2, -0.15) is 13.2 Å². The zero-order valence-electron chi connectivity index (χ0n) is 14.6. The molecule has 0 atom stereocenters. The fraction of sp³-hybridized carbons (Fsp3) is 0.158. The number of likely N-dealkylation sites (N-methyl/N-ethyl adjacent to an activating group) is 1. The summed E-state index contributed by atoms with van der Waals surface area (Å²) in [6.45, 7) is -0.459. The van der Waals surface area contributed by atoms with Crippen molar-refractivity contribution in [1.29, 1.82) is 0 Å². The van der Waals surface area contributed by atoms with E-state index in [0.717, 1.165) is 29.2 Å². The van der Waals surface area contributed by atoms with E-state index in [1.54, 1.807) is 0 Å². The molecule has 0 aliphatic rings. The van der Waals surface area contributed by atoms with Crippen molar-refractivity contribution in [2.75, 3.05) is 18.9 Å². The highest BCUT2D eigenvalue weighted by Crippen LogP contribution is 2.34. The highest BCUT2D eigenvalue weighted by atomic mass is 35.5. The highest BCUT2D eigenvalue weighted by Gasteiger charge is 2.33. The Morgan fingerprint density at radius 3 is 2.50 bits per heavy atom. The van der Waals surface area contributed by atoms with Crippen molar-refractivity contribution in [3.8, 4) is 0 Å². The van der Waals surface area contributed by atoms with Gasteiger partial charge in [0.15, 0.2) is 0 Å². The van der Waals surface area contributed by atoms with Crippen LogP contribution in [0.3, 0.4) is 0 Å². The Morgan fingerprint density at radius 2 is 1.86 bits per heavy atom. The van der Waals surface area contributed by atoms with Crippen molar-refractivity contribution in [1.82, 2.24) is 4.90 Å². The first-order chi connectivity index (χ1) is 13.1. The average molecular weight is 415 g/mol. The molecule has 9 heteroatoms. The van der Waals surface area contributed by atoms with Crippen LogP contribution in [-0.4, -0.2) is 30.3 Å². The molecule has 2 aromatic rings. The van der Waals surface area contributed by atoms with Crippen molar-refractivity contribution < 1.29 is 27.2 Å². The van der Waals surface area contributed by atoms with E-state index in [4.69, 9.17) is 11.6 Å². The summed E-state index contributed by atoms with van der Waals surface area (Å²) in [4.78, 5) is 25.1. The van der Waals surface area contributed by atoms with Crippen molar-refractivity contribution >= 4 is 35.2 Å². The molecule has 0 heterocycles. The molecule has 28 heavy (non-hydrogen) atoms. The number of nitrogens with one attached hydrogen (secondary N) is 1. The number of carbonyl (C=O) groups is 2. The van der Waals surface area contributed by atoms with E-state index in [0.29, 0.717) is 5.56 Å². The molecule has 0 aliphatic carbocycles. The van der Waals surface area contributed by atoms with E-state index in [2.05, 4.69) is 5.32 Å². The summed E-state index contributed by atoms with van der Waals surface area (Å²) in [5.41, 5.74) is -0.903. The monoisotopic (exact) mass is 414 g/mol. The molecular weight excluding hydrogens is 400 g/mol. The van der Waals surface area contributed by atoms with E-state index in [1.807, 2.05) is 0 Å². The van der Waals surface area contributed by atoms with Gasteiger partial charge >= 0.3 is 6.18 Å². The van der Waals surface area contributed by atoms with E-state index < -0.39 is 41.6 Å². The van der Waals surface area contributed by atoms with Crippen LogP contribution in [0.2, 0.25) is 5.02 Å². The van der Waals surface area contributed by atoms with Crippen LogP contribution < -0.4 is 5.32 Å². The summed E-state index contributed by atoms with van der Waals surface area (Å²) in [5, 5.41) is 2.05. The lowest BCUT2D eigenvalue weighted by molar-refractivity contribution is -0.137. The lowest BCUT2D eigenvalue weighted by Crippen LogP contribution is -2.34. The first-order valence-electron chi connectivity index (χ1n) is 7.92. The predicted octanol–water partition coefficient (Wildman–Crippen LogP) is 4.61. The van der Waals surface area contributed by atoms with E-state index in [1.165, 1.54) is 37.4 Å². The Balaban J connectivity index is 1.99. The standard InChI is InChI=1S/C19H15ClF4N2O2/c1-26(18(28)9-7-12-6-8-15(21)14(20)10-12)11-17(27)25-16-5-3-2-4-13(16)19(22,23)24/h2-10H,11H2,1H3,(H,25,27)/b9-7+. The smallest absolute Gasteiger partial charge is 0.333 e. The Labute approximate surface area is 163 Å². The van der Waals surface area contributed by atoms with Crippen LogP contribution in [0.25, 0.3) is 6.08 Å². The van der Waals surface area contributed by atoms with Gasteiger partial charge in [-0.05, 0) is 35.9 Å². The fourth-order valence-electron chi connectivity index (χ4n) is 2.23. The molecule has 1 N–H and O–H groups in total. The summed E-state index contributed by atoms with van der Waals surface area (Å²) >= 11 is 5.65. The zero-order chi connectivity index (χ0) is 20.9. The third-order valence-corrected chi connectivity index (χ3v) is 3.92. The Kier molecular flexibility index (Phi) is 6.80. The molecule has 0 aliphatic heterocycles. The highest BCUT2D eigenvalue weighted by molar-refractivity contribution is 6.30. The van der Waals surface area contributed by atoms with Crippen LogP contribution in [0.5, 0.6) is 0 Å². The summed E-state index contributed by atoms with van der Waals surface area (Å²) in [5.74, 6) is -1.96. The van der Waals surface area contributed by atoms with E-state index in [9.17, 15) is 27.2 Å². The van der Waals surface area contributed by atoms with Gasteiger partial charge in [-0.3, -0.25) is 9.59 Å². The number of halogens is 5. The molecule has 0 unspecified atom stereocenters. The van der Waals surface area contributed by atoms with Gasteiger partial charge < -0.3 is 10.2 Å². The second kappa shape index (κ2) is 8.88. The summed E-state index contributed by atoms with van der Waals surface area (Å²) in [6.07, 6.45) is -2.10. The number of para-hydroxylation sites is 1. The number of amides is 2. The second-order valence-electron chi connectivity index (χ2n) is 5.79.